The Labute approximate surface area is 203 Å². The first-order valence-corrected chi connectivity index (χ1v) is 11.8. The fourth-order valence-electron chi connectivity index (χ4n) is 4.92. The highest BCUT2D eigenvalue weighted by molar-refractivity contribution is 6.35. The number of carbonyl (C=O) groups excluding carboxylic acids is 3. The Morgan fingerprint density at radius 3 is 2.38 bits per heavy atom. The van der Waals surface area contributed by atoms with Crippen LogP contribution < -0.4 is 4.90 Å². The lowest BCUT2D eigenvalue weighted by Crippen LogP contribution is -2.46. The first-order chi connectivity index (χ1) is 16.4. The zero-order chi connectivity index (χ0) is 24.3. The van der Waals surface area contributed by atoms with Crippen molar-refractivity contribution in [1.82, 2.24) is 9.47 Å². The fraction of sp³-hybridized carbons (Fsp3) is 0.385. The molecule has 0 N–H and O–H groups in total. The summed E-state index contributed by atoms with van der Waals surface area (Å²) in [6, 6.07) is 16.5. The number of para-hydroxylation sites is 1. The van der Waals surface area contributed by atoms with E-state index in [1.807, 2.05) is 36.4 Å². The Kier molecular flexibility index (Phi) is 7.08. The number of anilines is 1. The zero-order valence-electron chi connectivity index (χ0n) is 19.4. The van der Waals surface area contributed by atoms with Gasteiger partial charge in [-0.1, -0.05) is 35.9 Å². The van der Waals surface area contributed by atoms with Gasteiger partial charge in [-0.2, -0.15) is 9.59 Å². The van der Waals surface area contributed by atoms with Crippen LogP contribution in [0.3, 0.4) is 0 Å². The minimum atomic E-state index is -0.375. The van der Waals surface area contributed by atoms with Crippen molar-refractivity contribution in [2.75, 3.05) is 24.5 Å². The van der Waals surface area contributed by atoms with Crippen LogP contribution in [0.1, 0.15) is 38.3 Å². The molecule has 2 aliphatic heterocycles. The van der Waals surface area contributed by atoms with Crippen molar-refractivity contribution in [2.24, 2.45) is 0 Å². The number of piperidine rings is 1. The monoisotopic (exact) mass is 481 g/mol. The highest BCUT2D eigenvalue weighted by Gasteiger charge is 2.47. The summed E-state index contributed by atoms with van der Waals surface area (Å²) in [5.74, 6) is 0. The lowest BCUT2D eigenvalue weighted by Gasteiger charge is -2.37. The van der Waals surface area contributed by atoms with E-state index in [0.717, 1.165) is 48.7 Å². The van der Waals surface area contributed by atoms with Gasteiger partial charge in [0.05, 0.1) is 17.1 Å². The predicted molar refractivity (Wildman–Crippen MR) is 130 cm³/mol. The van der Waals surface area contributed by atoms with Gasteiger partial charge in [0.15, 0.2) is 0 Å². The molecule has 3 aromatic rings. The van der Waals surface area contributed by atoms with Crippen LogP contribution in [0.15, 0.2) is 54.7 Å². The second-order valence-electron chi connectivity index (χ2n) is 9.12. The molecule has 7 nitrogen and oxygen atoms in total. The molecule has 2 aliphatic rings. The number of likely N-dealkylation sites (tertiary alicyclic amines) is 1. The average molecular weight is 482 g/mol. The molecule has 1 amide bonds. The number of amides is 1. The van der Waals surface area contributed by atoms with Crippen LogP contribution >= 0.6 is 11.6 Å². The van der Waals surface area contributed by atoms with E-state index < -0.39 is 0 Å². The minimum Gasteiger partial charge on any atom is -0.441 e. The van der Waals surface area contributed by atoms with Crippen molar-refractivity contribution in [1.29, 1.82) is 0 Å². The van der Waals surface area contributed by atoms with Gasteiger partial charge in [0.25, 0.3) is 0 Å². The summed E-state index contributed by atoms with van der Waals surface area (Å²) >= 11 is 6.53. The number of benzene rings is 2. The quantitative estimate of drug-likeness (QED) is 0.506. The Hall–Kier alpha value is -3.12. The molecule has 3 heterocycles. The smallest absolute Gasteiger partial charge is 0.415 e. The van der Waals surface area contributed by atoms with Crippen molar-refractivity contribution >= 4 is 40.4 Å². The van der Waals surface area contributed by atoms with E-state index in [1.165, 1.54) is 10.9 Å². The van der Waals surface area contributed by atoms with Crippen molar-refractivity contribution < 1.29 is 19.1 Å². The van der Waals surface area contributed by atoms with Gasteiger partial charge in [-0.05, 0) is 43.7 Å². The van der Waals surface area contributed by atoms with E-state index in [2.05, 4.69) is 41.6 Å². The molecular formula is C26H28ClN3O4. The maximum Gasteiger partial charge on any atom is 0.415 e. The van der Waals surface area contributed by atoms with Crippen molar-refractivity contribution in [2.45, 2.75) is 44.9 Å². The Balaban J connectivity index is 0.000000868. The first-order valence-electron chi connectivity index (χ1n) is 11.4. The van der Waals surface area contributed by atoms with Gasteiger partial charge in [0.1, 0.15) is 5.60 Å². The largest absolute Gasteiger partial charge is 0.441 e. The Morgan fingerprint density at radius 1 is 1.06 bits per heavy atom. The number of nitrogens with zero attached hydrogens (tertiary/aromatic N) is 3. The van der Waals surface area contributed by atoms with E-state index in [4.69, 9.17) is 25.9 Å². The number of rotatable bonds is 4. The van der Waals surface area contributed by atoms with Gasteiger partial charge in [-0.3, -0.25) is 9.80 Å². The molecule has 0 bridgehead atoms. The van der Waals surface area contributed by atoms with Gasteiger partial charge in [0.2, 0.25) is 0 Å². The number of ether oxygens (including phenoxy) is 1. The molecule has 0 radical (unpaired) electrons. The third-order valence-corrected chi connectivity index (χ3v) is 6.98. The molecule has 2 fully saturated rings. The minimum absolute atomic E-state index is 0.228. The zero-order valence-corrected chi connectivity index (χ0v) is 20.1. The summed E-state index contributed by atoms with van der Waals surface area (Å²) in [6.07, 6.45) is 3.86. The number of fused-ring (bicyclic) bond motifs is 1. The number of halogens is 1. The van der Waals surface area contributed by atoms with Gasteiger partial charge in [-0.25, -0.2) is 4.79 Å². The van der Waals surface area contributed by atoms with Gasteiger partial charge in [0, 0.05) is 55.8 Å². The molecule has 2 saturated heterocycles. The summed E-state index contributed by atoms with van der Waals surface area (Å²) in [7, 11) is 0. The molecule has 1 aromatic heterocycles. The molecule has 0 atom stereocenters. The standard InChI is InChI=1S/C25H28ClN3O2.CO2/c1-18(2)28-13-10-21-19(8-9-22(26)23(21)28)16-27-14-11-25(12-15-27)17-29(24(30)31-25)20-6-4-3-5-7-20;2-1-3/h3-10,13,18H,11-12,14-17H2,1-2H3;. The summed E-state index contributed by atoms with van der Waals surface area (Å²) in [5, 5.41) is 2.03. The number of hydrogen-bond donors (Lipinski definition) is 0. The number of carbonyl (C=O) groups is 1. The van der Waals surface area contributed by atoms with Crippen LogP contribution in [0.4, 0.5) is 10.5 Å². The molecule has 0 aliphatic carbocycles. The Morgan fingerprint density at radius 2 is 1.74 bits per heavy atom. The molecule has 2 aromatic carbocycles. The maximum absolute atomic E-state index is 12.5. The molecule has 5 rings (SSSR count). The van der Waals surface area contributed by atoms with Crippen LogP contribution in [0.25, 0.3) is 10.9 Å². The average Bonchev–Trinajstić information content (AvgIpc) is 3.41. The molecule has 34 heavy (non-hydrogen) atoms. The van der Waals surface area contributed by atoms with E-state index in [-0.39, 0.29) is 17.8 Å². The fourth-order valence-corrected chi connectivity index (χ4v) is 5.18. The second-order valence-corrected chi connectivity index (χ2v) is 9.52. The van der Waals surface area contributed by atoms with Crippen molar-refractivity contribution in [3.05, 3.63) is 65.3 Å². The highest BCUT2D eigenvalue weighted by Crippen LogP contribution is 2.37. The highest BCUT2D eigenvalue weighted by atomic mass is 35.5. The number of hydrogen-bond acceptors (Lipinski definition) is 5. The summed E-state index contributed by atoms with van der Waals surface area (Å²) in [6.45, 7) is 7.67. The van der Waals surface area contributed by atoms with Crippen LogP contribution in [0.2, 0.25) is 5.02 Å². The van der Waals surface area contributed by atoms with Crippen LogP contribution in [0, 0.1) is 0 Å². The van der Waals surface area contributed by atoms with Crippen LogP contribution in [-0.2, 0) is 20.9 Å². The van der Waals surface area contributed by atoms with Crippen molar-refractivity contribution in [3.8, 4) is 0 Å². The summed E-state index contributed by atoms with van der Waals surface area (Å²) < 4.78 is 8.15. The topological polar surface area (TPSA) is 71.8 Å². The maximum atomic E-state index is 12.5. The van der Waals surface area contributed by atoms with Crippen molar-refractivity contribution in [3.63, 3.8) is 0 Å². The van der Waals surface area contributed by atoms with E-state index in [0.29, 0.717) is 12.6 Å². The van der Waals surface area contributed by atoms with E-state index in [1.54, 1.807) is 4.90 Å². The molecule has 0 saturated carbocycles. The van der Waals surface area contributed by atoms with Gasteiger partial charge in [-0.15, -0.1) is 0 Å². The Bertz CT molecular complexity index is 1190. The van der Waals surface area contributed by atoms with Crippen LogP contribution in [-0.4, -0.2) is 46.9 Å². The summed E-state index contributed by atoms with van der Waals surface area (Å²) in [5.41, 5.74) is 2.94. The third kappa shape index (κ3) is 4.73. The normalized spacial score (nSPS) is 17.5. The second kappa shape index (κ2) is 10.0. The summed E-state index contributed by atoms with van der Waals surface area (Å²) in [4.78, 5) is 33.0. The molecule has 178 valence electrons. The molecule has 1 spiro atoms. The molecular weight excluding hydrogens is 454 g/mol. The van der Waals surface area contributed by atoms with Gasteiger partial charge < -0.3 is 9.30 Å². The lowest BCUT2D eigenvalue weighted by molar-refractivity contribution is -0.191. The molecule has 8 heteroatoms. The third-order valence-electron chi connectivity index (χ3n) is 6.67. The predicted octanol–water partition coefficient (Wildman–Crippen LogP) is 5.28. The van der Waals surface area contributed by atoms with Crippen LogP contribution in [0.5, 0.6) is 0 Å². The first kappa shape index (κ1) is 24.0. The van der Waals surface area contributed by atoms with E-state index in [9.17, 15) is 4.79 Å². The number of aromatic nitrogens is 1. The van der Waals surface area contributed by atoms with E-state index >= 15 is 0 Å². The SMILES string of the molecule is CC(C)n1ccc2c(CN3CCC4(CC3)CN(c3ccccc3)C(=O)O4)ccc(Cl)c21.O=C=O. The lowest BCUT2D eigenvalue weighted by atomic mass is 9.91. The van der Waals surface area contributed by atoms with Gasteiger partial charge >= 0.3 is 12.2 Å². The molecule has 0 unspecified atom stereocenters.